The monoisotopic (exact) mass is 599 g/mol. The first-order valence-electron chi connectivity index (χ1n) is 10.8. The predicted octanol–water partition coefficient (Wildman–Crippen LogP) is 3.05. The average Bonchev–Trinajstić information content (AvgIpc) is 2.91. The van der Waals surface area contributed by atoms with Crippen molar-refractivity contribution in [3.05, 3.63) is 0 Å². The second-order valence-corrected chi connectivity index (χ2v) is 10.8. The Hall–Kier alpha value is -2.66. The molecule has 0 fully saturated rings. The lowest BCUT2D eigenvalue weighted by Crippen LogP contribution is -2.28. The molecule has 17 heteroatoms. The molecule has 0 bridgehead atoms. The molecule has 4 amide bonds. The van der Waals surface area contributed by atoms with Crippen LogP contribution in [0.3, 0.4) is 0 Å². The molecule has 0 saturated heterocycles. The highest BCUT2D eigenvalue weighted by Gasteiger charge is 2.14. The molecule has 0 rings (SSSR count). The molecule has 0 aromatic heterocycles. The van der Waals surface area contributed by atoms with Gasteiger partial charge in [-0.1, -0.05) is 15.5 Å². The van der Waals surface area contributed by atoms with Gasteiger partial charge in [0, 0.05) is 45.2 Å². The van der Waals surface area contributed by atoms with Crippen molar-refractivity contribution in [1.82, 2.24) is 20.9 Å². The Morgan fingerprint density at radius 1 is 0.868 bits per heavy atom. The molecule has 14 nitrogen and oxygen atoms in total. The highest BCUT2D eigenvalue weighted by atomic mass is 32.2. The standard InChI is InChI=1S/C7H13N3O3S.2C7H14N2O2S/c1-8-7(12)13-9-5(14-4)6(11)10(2)3;1-7(2,12-4)5-9-11-6(10)8-3;1-5(6(2)12-4)9-11-7(10)8-3/h1-4H3,(H,8,12);5H,1-4H3,(H,8,10);6H,1-4H3,(H,8,10)/b;2*9-5+. The Bertz CT molecular complexity index is 823. The number of carbonyl (C=O) groups excluding carboxylic acids is 4. The fourth-order valence-electron chi connectivity index (χ4n) is 1.19. The van der Waals surface area contributed by atoms with Gasteiger partial charge >= 0.3 is 18.3 Å². The van der Waals surface area contributed by atoms with Gasteiger partial charge in [-0.2, -0.15) is 23.5 Å². The van der Waals surface area contributed by atoms with Gasteiger partial charge in [0.15, 0.2) is 0 Å². The summed E-state index contributed by atoms with van der Waals surface area (Å²) in [5.74, 6) is -0.304. The fraction of sp³-hybridized carbons (Fsp3) is 0.667. The topological polar surface area (TPSA) is 172 Å². The van der Waals surface area contributed by atoms with Crippen LogP contribution < -0.4 is 16.0 Å². The second-order valence-electron chi connectivity index (χ2n) is 7.34. The maximum atomic E-state index is 11.3. The number of amides is 4. The molecule has 1 atom stereocenters. The molecule has 220 valence electrons. The first kappa shape index (κ1) is 39.8. The summed E-state index contributed by atoms with van der Waals surface area (Å²) >= 11 is 4.39. The largest absolute Gasteiger partial charge is 0.433 e. The van der Waals surface area contributed by atoms with Crippen molar-refractivity contribution in [1.29, 1.82) is 0 Å². The van der Waals surface area contributed by atoms with E-state index in [1.807, 2.05) is 40.2 Å². The maximum Gasteiger partial charge on any atom is 0.433 e. The van der Waals surface area contributed by atoms with Crippen molar-refractivity contribution in [2.24, 2.45) is 15.5 Å². The number of oxime groups is 3. The van der Waals surface area contributed by atoms with Crippen LogP contribution in [0.2, 0.25) is 0 Å². The number of rotatable bonds is 7. The quantitative estimate of drug-likeness (QED) is 0.171. The molecule has 3 N–H and O–H groups in total. The molecule has 38 heavy (non-hydrogen) atoms. The number of thioether (sulfide) groups is 3. The van der Waals surface area contributed by atoms with E-state index in [1.54, 1.807) is 50.1 Å². The zero-order valence-electron chi connectivity index (χ0n) is 24.0. The van der Waals surface area contributed by atoms with Crippen LogP contribution in [0, 0.1) is 0 Å². The third-order valence-electron chi connectivity index (χ3n) is 3.85. The number of carbonyl (C=O) groups is 4. The first-order chi connectivity index (χ1) is 17.7. The molecule has 0 radical (unpaired) electrons. The molecular formula is C21H41N7O7S3. The van der Waals surface area contributed by atoms with E-state index in [4.69, 9.17) is 0 Å². The van der Waals surface area contributed by atoms with Gasteiger partial charge in [-0.3, -0.25) is 19.3 Å². The normalized spacial score (nSPS) is 12.0. The van der Waals surface area contributed by atoms with E-state index < -0.39 is 18.3 Å². The van der Waals surface area contributed by atoms with Crippen LogP contribution >= 0.6 is 35.3 Å². The molecule has 0 aliphatic rings. The Labute approximate surface area is 237 Å². The van der Waals surface area contributed by atoms with Gasteiger partial charge in [0.1, 0.15) is 0 Å². The summed E-state index contributed by atoms with van der Waals surface area (Å²) in [5.41, 5.74) is 0.797. The van der Waals surface area contributed by atoms with Crippen molar-refractivity contribution in [2.75, 3.05) is 54.0 Å². The van der Waals surface area contributed by atoms with E-state index in [-0.39, 0.29) is 20.9 Å². The zero-order chi connectivity index (χ0) is 30.3. The Morgan fingerprint density at radius 3 is 1.68 bits per heavy atom. The van der Waals surface area contributed by atoms with Crippen LogP contribution in [-0.4, -0.2) is 110 Å². The van der Waals surface area contributed by atoms with Gasteiger partial charge in [-0.15, -0.1) is 11.8 Å². The molecule has 0 aliphatic carbocycles. The molecule has 0 heterocycles. The first-order valence-corrected chi connectivity index (χ1v) is 14.6. The van der Waals surface area contributed by atoms with E-state index in [0.717, 1.165) is 17.5 Å². The number of nitrogens with zero attached hydrogens (tertiary/aromatic N) is 4. The Balaban J connectivity index is -0.000000486. The number of nitrogens with one attached hydrogen (secondary N) is 3. The molecule has 0 aromatic rings. The van der Waals surface area contributed by atoms with Gasteiger partial charge in [-0.25, -0.2) is 14.4 Å². The lowest BCUT2D eigenvalue weighted by molar-refractivity contribution is -0.121. The van der Waals surface area contributed by atoms with Gasteiger partial charge in [0.05, 0.1) is 11.9 Å². The summed E-state index contributed by atoms with van der Waals surface area (Å²) in [7, 11) is 7.56. The van der Waals surface area contributed by atoms with Crippen molar-refractivity contribution in [3.63, 3.8) is 0 Å². The third-order valence-corrected chi connectivity index (χ3v) is 6.69. The smallest absolute Gasteiger partial charge is 0.343 e. The van der Waals surface area contributed by atoms with Gasteiger partial charge in [0.2, 0.25) is 5.04 Å². The minimum Gasteiger partial charge on any atom is -0.343 e. The maximum absolute atomic E-state index is 11.3. The molecule has 0 aromatic carbocycles. The van der Waals surface area contributed by atoms with Gasteiger partial charge < -0.3 is 20.9 Å². The van der Waals surface area contributed by atoms with Crippen LogP contribution in [-0.2, 0) is 19.3 Å². The summed E-state index contributed by atoms with van der Waals surface area (Å²) in [6, 6.07) is 0. The number of hydrogen-bond donors (Lipinski definition) is 3. The highest BCUT2D eigenvalue weighted by Crippen LogP contribution is 2.17. The van der Waals surface area contributed by atoms with E-state index in [0.29, 0.717) is 0 Å². The molecule has 0 saturated carbocycles. The molecule has 0 spiro atoms. The summed E-state index contributed by atoms with van der Waals surface area (Å²) in [6.07, 6.45) is 5.41. The predicted molar refractivity (Wildman–Crippen MR) is 158 cm³/mol. The average molecular weight is 600 g/mol. The van der Waals surface area contributed by atoms with E-state index in [2.05, 4.69) is 45.9 Å². The Kier molecular flexibility index (Phi) is 24.6. The van der Waals surface area contributed by atoms with Gasteiger partial charge in [0.25, 0.3) is 5.91 Å². The van der Waals surface area contributed by atoms with Crippen LogP contribution in [0.15, 0.2) is 15.5 Å². The molecule has 1 unspecified atom stereocenters. The third kappa shape index (κ3) is 22.5. The summed E-state index contributed by atoms with van der Waals surface area (Å²) in [6.45, 7) is 7.78. The van der Waals surface area contributed by atoms with Crippen LogP contribution in [0.4, 0.5) is 14.4 Å². The van der Waals surface area contributed by atoms with Gasteiger partial charge in [-0.05, 0) is 46.5 Å². The fourth-order valence-corrected chi connectivity index (χ4v) is 2.19. The van der Waals surface area contributed by atoms with E-state index in [1.165, 1.54) is 26.0 Å². The lowest BCUT2D eigenvalue weighted by atomic mass is 10.2. The van der Waals surface area contributed by atoms with Crippen LogP contribution in [0.1, 0.15) is 27.7 Å². The van der Waals surface area contributed by atoms with E-state index in [9.17, 15) is 19.2 Å². The number of hydrogen-bond acceptors (Lipinski definition) is 13. The van der Waals surface area contributed by atoms with Crippen molar-refractivity contribution >= 4 is 76.4 Å². The Morgan fingerprint density at radius 2 is 1.32 bits per heavy atom. The molecular weight excluding hydrogens is 558 g/mol. The minimum absolute atomic E-state index is 0.103. The summed E-state index contributed by atoms with van der Waals surface area (Å²) < 4.78 is -0.103. The SMILES string of the molecule is CNC(=O)O/N=C(\C)C(C)SC.CNC(=O)O/N=C/C(C)(C)SC.CNC(=O)ON=C(SC)C(=O)N(C)C. The summed E-state index contributed by atoms with van der Waals surface area (Å²) in [4.78, 5) is 57.8. The van der Waals surface area contributed by atoms with E-state index >= 15 is 0 Å². The van der Waals surface area contributed by atoms with Crippen molar-refractivity contribution in [2.45, 2.75) is 37.7 Å². The zero-order valence-corrected chi connectivity index (χ0v) is 26.5. The van der Waals surface area contributed by atoms with Crippen molar-refractivity contribution in [3.8, 4) is 0 Å². The highest BCUT2D eigenvalue weighted by molar-refractivity contribution is 8.15. The lowest BCUT2D eigenvalue weighted by Gasteiger charge is -2.13. The minimum atomic E-state index is -0.705. The van der Waals surface area contributed by atoms with Crippen LogP contribution in [0.5, 0.6) is 0 Å². The van der Waals surface area contributed by atoms with Crippen molar-refractivity contribution < 1.29 is 33.7 Å². The van der Waals surface area contributed by atoms with Crippen LogP contribution in [0.25, 0.3) is 0 Å². The second kappa shape index (κ2) is 23.5. The summed E-state index contributed by atoms with van der Waals surface area (Å²) in [5, 5.41) is 17.8. The molecule has 0 aliphatic heterocycles.